The Hall–Kier alpha value is -1.99. The Morgan fingerprint density at radius 1 is 1.38 bits per heavy atom. The number of hydrogen-bond donors (Lipinski definition) is 1. The average molecular weight is 393 g/mol. The standard InChI is InChI=1S/C18H21ClN4O2S/c1-2-25-18(24)12-4-3-9-23(10-12)16-15(20)17(22-11-21-16)26-14-7-5-13(19)6-8-14/h5-8,11-12H,2-4,9-10,20H2,1H3. The summed E-state index contributed by atoms with van der Waals surface area (Å²) in [6.07, 6.45) is 3.23. The minimum atomic E-state index is -0.152. The molecule has 1 aliphatic rings. The molecule has 1 aromatic carbocycles. The van der Waals surface area contributed by atoms with Crippen LogP contribution < -0.4 is 10.6 Å². The number of anilines is 2. The summed E-state index contributed by atoms with van der Waals surface area (Å²) in [7, 11) is 0. The molecule has 1 saturated heterocycles. The van der Waals surface area contributed by atoms with Crippen molar-refractivity contribution in [3.63, 3.8) is 0 Å². The summed E-state index contributed by atoms with van der Waals surface area (Å²) in [5.41, 5.74) is 6.87. The lowest BCUT2D eigenvalue weighted by Gasteiger charge is -2.33. The Labute approximate surface area is 162 Å². The molecule has 0 aliphatic carbocycles. The highest BCUT2D eigenvalue weighted by Gasteiger charge is 2.29. The summed E-state index contributed by atoms with van der Waals surface area (Å²) in [5.74, 6) is 0.372. The molecule has 1 fully saturated rings. The molecule has 0 radical (unpaired) electrons. The zero-order valence-electron chi connectivity index (χ0n) is 14.5. The van der Waals surface area contributed by atoms with Gasteiger partial charge in [0, 0.05) is 23.0 Å². The summed E-state index contributed by atoms with van der Waals surface area (Å²) < 4.78 is 5.16. The molecule has 6 nitrogen and oxygen atoms in total. The van der Waals surface area contributed by atoms with E-state index in [0.717, 1.165) is 24.3 Å². The lowest BCUT2D eigenvalue weighted by atomic mass is 9.98. The fourth-order valence-corrected chi connectivity index (χ4v) is 3.86. The third-order valence-electron chi connectivity index (χ3n) is 4.20. The molecule has 138 valence electrons. The van der Waals surface area contributed by atoms with Crippen LogP contribution in [0.3, 0.4) is 0 Å². The minimum Gasteiger partial charge on any atom is -0.466 e. The van der Waals surface area contributed by atoms with E-state index in [9.17, 15) is 4.79 Å². The third-order valence-corrected chi connectivity index (χ3v) is 5.47. The highest BCUT2D eigenvalue weighted by Crippen LogP contribution is 2.36. The van der Waals surface area contributed by atoms with Crippen LogP contribution in [0.2, 0.25) is 5.02 Å². The largest absolute Gasteiger partial charge is 0.466 e. The van der Waals surface area contributed by atoms with Crippen LogP contribution >= 0.6 is 23.4 Å². The number of halogens is 1. The van der Waals surface area contributed by atoms with E-state index in [1.54, 1.807) is 0 Å². The number of nitrogens with zero attached hydrogens (tertiary/aromatic N) is 3. The van der Waals surface area contributed by atoms with Crippen molar-refractivity contribution in [3.05, 3.63) is 35.6 Å². The van der Waals surface area contributed by atoms with Crippen molar-refractivity contribution >= 4 is 40.8 Å². The molecule has 2 N–H and O–H groups in total. The molecular formula is C18H21ClN4O2S. The number of hydrogen-bond acceptors (Lipinski definition) is 7. The van der Waals surface area contributed by atoms with E-state index in [1.807, 2.05) is 36.1 Å². The molecule has 0 amide bonds. The maximum absolute atomic E-state index is 12.1. The lowest BCUT2D eigenvalue weighted by molar-refractivity contribution is -0.148. The van der Waals surface area contributed by atoms with Crippen LogP contribution in [-0.2, 0) is 9.53 Å². The topological polar surface area (TPSA) is 81.3 Å². The molecule has 26 heavy (non-hydrogen) atoms. The molecule has 0 saturated carbocycles. The van der Waals surface area contributed by atoms with Crippen molar-refractivity contribution in [2.45, 2.75) is 29.7 Å². The van der Waals surface area contributed by atoms with Crippen LogP contribution in [0, 0.1) is 5.92 Å². The normalized spacial score (nSPS) is 17.2. The van der Waals surface area contributed by atoms with Gasteiger partial charge in [0.2, 0.25) is 0 Å². The van der Waals surface area contributed by atoms with Crippen LogP contribution in [0.1, 0.15) is 19.8 Å². The number of carbonyl (C=O) groups is 1. The second-order valence-corrected chi connectivity index (χ2v) is 7.51. The summed E-state index contributed by atoms with van der Waals surface area (Å²) in [6, 6.07) is 7.51. The summed E-state index contributed by atoms with van der Waals surface area (Å²) in [4.78, 5) is 23.8. The molecule has 0 bridgehead atoms. The number of esters is 1. The predicted molar refractivity (Wildman–Crippen MR) is 104 cm³/mol. The van der Waals surface area contributed by atoms with Crippen molar-refractivity contribution in [2.75, 3.05) is 30.3 Å². The fraction of sp³-hybridized carbons (Fsp3) is 0.389. The Balaban J connectivity index is 1.78. The first-order valence-electron chi connectivity index (χ1n) is 8.54. The van der Waals surface area contributed by atoms with Crippen LogP contribution in [0.15, 0.2) is 40.5 Å². The van der Waals surface area contributed by atoms with E-state index in [0.29, 0.717) is 34.7 Å². The quantitative estimate of drug-likeness (QED) is 0.614. The van der Waals surface area contributed by atoms with Gasteiger partial charge < -0.3 is 15.4 Å². The van der Waals surface area contributed by atoms with Gasteiger partial charge in [-0.3, -0.25) is 4.79 Å². The molecule has 3 rings (SSSR count). The Bertz CT molecular complexity index is 772. The van der Waals surface area contributed by atoms with Gasteiger partial charge in [0.05, 0.1) is 12.5 Å². The number of ether oxygens (including phenoxy) is 1. The number of piperidine rings is 1. The highest BCUT2D eigenvalue weighted by molar-refractivity contribution is 7.99. The van der Waals surface area contributed by atoms with Crippen molar-refractivity contribution < 1.29 is 9.53 Å². The van der Waals surface area contributed by atoms with Gasteiger partial charge in [-0.05, 0) is 44.0 Å². The number of carbonyl (C=O) groups excluding carboxylic acids is 1. The molecule has 2 aromatic rings. The average Bonchev–Trinajstić information content (AvgIpc) is 2.65. The van der Waals surface area contributed by atoms with Gasteiger partial charge in [-0.25, -0.2) is 9.97 Å². The maximum Gasteiger partial charge on any atom is 0.310 e. The monoisotopic (exact) mass is 392 g/mol. The second-order valence-electron chi connectivity index (χ2n) is 6.01. The number of nitrogens with two attached hydrogens (primary N) is 1. The van der Waals surface area contributed by atoms with E-state index in [2.05, 4.69) is 9.97 Å². The van der Waals surface area contributed by atoms with E-state index < -0.39 is 0 Å². The number of rotatable bonds is 5. The van der Waals surface area contributed by atoms with Gasteiger partial charge in [-0.2, -0.15) is 0 Å². The SMILES string of the molecule is CCOC(=O)C1CCCN(c2ncnc(Sc3ccc(Cl)cc3)c2N)C1. The number of nitrogen functional groups attached to an aromatic ring is 1. The van der Waals surface area contributed by atoms with Gasteiger partial charge in [-0.1, -0.05) is 23.4 Å². The van der Waals surface area contributed by atoms with Crippen LogP contribution in [0.25, 0.3) is 0 Å². The predicted octanol–water partition coefficient (Wildman–Crippen LogP) is 3.64. The van der Waals surface area contributed by atoms with Crippen molar-refractivity contribution in [1.82, 2.24) is 9.97 Å². The maximum atomic E-state index is 12.1. The molecule has 0 spiro atoms. The fourth-order valence-electron chi connectivity index (χ4n) is 2.94. The smallest absolute Gasteiger partial charge is 0.310 e. The first kappa shape index (κ1) is 18.8. The zero-order valence-corrected chi connectivity index (χ0v) is 16.1. The van der Waals surface area contributed by atoms with Crippen molar-refractivity contribution in [2.24, 2.45) is 5.92 Å². The van der Waals surface area contributed by atoms with E-state index in [-0.39, 0.29) is 11.9 Å². The minimum absolute atomic E-state index is 0.148. The number of aromatic nitrogens is 2. The lowest BCUT2D eigenvalue weighted by Crippen LogP contribution is -2.40. The molecule has 1 unspecified atom stereocenters. The molecule has 1 aromatic heterocycles. The van der Waals surface area contributed by atoms with Gasteiger partial charge >= 0.3 is 5.97 Å². The first-order valence-corrected chi connectivity index (χ1v) is 9.73. The third kappa shape index (κ3) is 4.40. The van der Waals surface area contributed by atoms with Gasteiger partial charge in [0.15, 0.2) is 5.82 Å². The van der Waals surface area contributed by atoms with Gasteiger partial charge in [0.1, 0.15) is 17.0 Å². The second kappa shape index (κ2) is 8.60. The highest BCUT2D eigenvalue weighted by atomic mass is 35.5. The Morgan fingerprint density at radius 2 is 2.15 bits per heavy atom. The molecule has 1 aliphatic heterocycles. The van der Waals surface area contributed by atoms with Gasteiger partial charge in [-0.15, -0.1) is 0 Å². The van der Waals surface area contributed by atoms with Crippen molar-refractivity contribution in [3.8, 4) is 0 Å². The van der Waals surface area contributed by atoms with Crippen LogP contribution in [-0.4, -0.2) is 35.6 Å². The molecular weight excluding hydrogens is 372 g/mol. The molecule has 2 heterocycles. The summed E-state index contributed by atoms with van der Waals surface area (Å²) in [5, 5.41) is 1.37. The van der Waals surface area contributed by atoms with Crippen molar-refractivity contribution in [1.29, 1.82) is 0 Å². The van der Waals surface area contributed by atoms with E-state index in [1.165, 1.54) is 18.1 Å². The van der Waals surface area contributed by atoms with Crippen LogP contribution in [0.4, 0.5) is 11.5 Å². The molecule has 1 atom stereocenters. The van der Waals surface area contributed by atoms with E-state index >= 15 is 0 Å². The number of benzene rings is 1. The van der Waals surface area contributed by atoms with Crippen LogP contribution in [0.5, 0.6) is 0 Å². The van der Waals surface area contributed by atoms with Gasteiger partial charge in [0.25, 0.3) is 0 Å². The molecule has 8 heteroatoms. The Morgan fingerprint density at radius 3 is 2.88 bits per heavy atom. The first-order chi connectivity index (χ1) is 12.6. The van der Waals surface area contributed by atoms with E-state index in [4.69, 9.17) is 22.1 Å². The summed E-state index contributed by atoms with van der Waals surface area (Å²) in [6.45, 7) is 3.58. The zero-order chi connectivity index (χ0) is 18.5. The Kier molecular flexibility index (Phi) is 6.21. The summed E-state index contributed by atoms with van der Waals surface area (Å²) >= 11 is 7.39.